The summed E-state index contributed by atoms with van der Waals surface area (Å²) in [7, 11) is 1.56. The summed E-state index contributed by atoms with van der Waals surface area (Å²) in [6, 6.07) is 13.9. The highest BCUT2D eigenvalue weighted by Crippen LogP contribution is 2.33. The van der Waals surface area contributed by atoms with Gasteiger partial charge in [0.2, 0.25) is 0 Å². The molecule has 0 unspecified atom stereocenters. The Labute approximate surface area is 184 Å². The van der Waals surface area contributed by atoms with Crippen LogP contribution in [0.5, 0.6) is 11.6 Å². The molecule has 1 aliphatic rings. The number of allylic oxidation sites excluding steroid dienone is 1. The molecule has 0 spiro atoms. The van der Waals surface area contributed by atoms with Gasteiger partial charge in [-0.05, 0) is 29.3 Å². The zero-order valence-electron chi connectivity index (χ0n) is 16.1. The molecule has 0 saturated heterocycles. The molecule has 0 atom stereocenters. The highest BCUT2D eigenvalue weighted by molar-refractivity contribution is 6.37. The molecule has 1 aromatic carbocycles. The predicted molar refractivity (Wildman–Crippen MR) is 117 cm³/mol. The highest BCUT2D eigenvalue weighted by Gasteiger charge is 2.24. The van der Waals surface area contributed by atoms with E-state index in [-0.39, 0.29) is 6.10 Å². The molecule has 0 fully saturated rings. The Hall–Kier alpha value is -3.07. The second-order valence-corrected chi connectivity index (χ2v) is 7.62. The van der Waals surface area contributed by atoms with Gasteiger partial charge >= 0.3 is 0 Å². The zero-order chi connectivity index (χ0) is 21.1. The fraction of sp³-hybridized carbons (Fsp3) is 0.174. The van der Waals surface area contributed by atoms with E-state index >= 15 is 0 Å². The van der Waals surface area contributed by atoms with E-state index in [1.807, 2.05) is 12.1 Å². The lowest BCUT2D eigenvalue weighted by Crippen LogP contribution is -2.17. The number of benzene rings is 1. The van der Waals surface area contributed by atoms with Crippen molar-refractivity contribution >= 4 is 34.9 Å². The molecule has 5 nitrogen and oxygen atoms in total. The normalized spacial score (nSPS) is 13.6. The molecular formula is C23H17Cl2N3O2. The maximum atomic E-state index is 9.71. The highest BCUT2D eigenvalue weighted by atomic mass is 35.5. The molecule has 0 N–H and O–H groups in total. The van der Waals surface area contributed by atoms with Crippen LogP contribution >= 0.6 is 23.2 Å². The number of fused-ring (bicyclic) bond motifs is 1. The van der Waals surface area contributed by atoms with E-state index in [4.69, 9.17) is 32.7 Å². The van der Waals surface area contributed by atoms with Crippen molar-refractivity contribution in [1.82, 2.24) is 9.97 Å². The molecule has 2 heterocycles. The first kappa shape index (κ1) is 20.2. The molecule has 0 aliphatic heterocycles. The summed E-state index contributed by atoms with van der Waals surface area (Å²) < 4.78 is 11.6. The van der Waals surface area contributed by atoms with Gasteiger partial charge in [0.25, 0.3) is 5.88 Å². The number of nitriles is 1. The molecular weight excluding hydrogens is 421 g/mol. The van der Waals surface area contributed by atoms with Crippen LogP contribution in [0.2, 0.25) is 10.0 Å². The minimum atomic E-state index is -0.0438. The third-order valence-electron chi connectivity index (χ3n) is 4.91. The molecule has 0 saturated carbocycles. The van der Waals surface area contributed by atoms with Gasteiger partial charge in [-0.2, -0.15) is 5.26 Å². The fourth-order valence-electron chi connectivity index (χ4n) is 3.44. The van der Waals surface area contributed by atoms with Crippen molar-refractivity contribution in [2.75, 3.05) is 7.11 Å². The van der Waals surface area contributed by atoms with Crippen LogP contribution in [0.15, 0.2) is 48.8 Å². The summed E-state index contributed by atoms with van der Waals surface area (Å²) in [5.41, 5.74) is 3.80. The monoisotopic (exact) mass is 437 g/mol. The molecule has 2 aromatic heterocycles. The summed E-state index contributed by atoms with van der Waals surface area (Å²) in [5, 5.41) is 10.4. The van der Waals surface area contributed by atoms with E-state index in [0.29, 0.717) is 38.5 Å². The number of nitrogens with zero attached hydrogens (tertiary/aromatic N) is 3. The maximum Gasteiger partial charge on any atom is 0.257 e. The number of methoxy groups -OCH3 is 1. The second-order valence-electron chi connectivity index (χ2n) is 6.81. The molecule has 0 bridgehead atoms. The number of rotatable bonds is 5. The standard InChI is InChI=1S/C23H17Cl2N3O2/c1-29-22-7-6-21(16(11-26)10-18-19(24)12-27-13-20(18)25)28-23(22)30-17-8-14-4-2-3-5-15(14)9-17/h2-7,10,12-13,17H,8-9H2,1H3/b16-10+. The topological polar surface area (TPSA) is 68.0 Å². The third-order valence-corrected chi connectivity index (χ3v) is 5.51. The Morgan fingerprint density at radius 2 is 1.77 bits per heavy atom. The maximum absolute atomic E-state index is 9.71. The van der Waals surface area contributed by atoms with Gasteiger partial charge in [-0.1, -0.05) is 47.5 Å². The van der Waals surface area contributed by atoms with Crippen LogP contribution in [0.25, 0.3) is 11.6 Å². The molecule has 150 valence electrons. The Kier molecular flexibility index (Phi) is 5.89. The van der Waals surface area contributed by atoms with Crippen molar-refractivity contribution in [3.63, 3.8) is 0 Å². The van der Waals surface area contributed by atoms with Gasteiger partial charge in [-0.15, -0.1) is 0 Å². The first-order chi connectivity index (χ1) is 14.6. The minimum absolute atomic E-state index is 0.0438. The number of hydrogen-bond acceptors (Lipinski definition) is 5. The minimum Gasteiger partial charge on any atom is -0.491 e. The molecule has 30 heavy (non-hydrogen) atoms. The average Bonchev–Trinajstić information content (AvgIpc) is 3.16. The van der Waals surface area contributed by atoms with Gasteiger partial charge < -0.3 is 9.47 Å². The van der Waals surface area contributed by atoms with E-state index < -0.39 is 0 Å². The molecule has 7 heteroatoms. The number of pyridine rings is 2. The predicted octanol–water partition coefficient (Wildman–Crippen LogP) is 5.40. The van der Waals surface area contributed by atoms with Gasteiger partial charge in [0.1, 0.15) is 12.2 Å². The molecule has 0 radical (unpaired) electrons. The summed E-state index contributed by atoms with van der Waals surface area (Å²) in [6.07, 6.45) is 6.10. The van der Waals surface area contributed by atoms with Crippen LogP contribution in [0.1, 0.15) is 22.4 Å². The smallest absolute Gasteiger partial charge is 0.257 e. The second kappa shape index (κ2) is 8.74. The SMILES string of the molecule is COc1ccc(/C(C#N)=C/c2c(Cl)cncc2Cl)nc1OC1Cc2ccccc2C1. The first-order valence-corrected chi connectivity index (χ1v) is 10.0. The lowest BCUT2D eigenvalue weighted by atomic mass is 10.1. The van der Waals surface area contributed by atoms with Crippen LogP contribution in [-0.2, 0) is 12.8 Å². The molecule has 0 amide bonds. The average molecular weight is 438 g/mol. The molecule has 1 aliphatic carbocycles. The first-order valence-electron chi connectivity index (χ1n) is 9.28. The van der Waals surface area contributed by atoms with Crippen LogP contribution in [0.4, 0.5) is 0 Å². The molecule has 4 rings (SSSR count). The quantitative estimate of drug-likeness (QED) is 0.499. The van der Waals surface area contributed by atoms with Gasteiger partial charge in [-0.3, -0.25) is 4.98 Å². The van der Waals surface area contributed by atoms with Crippen molar-refractivity contribution in [2.45, 2.75) is 18.9 Å². The van der Waals surface area contributed by atoms with E-state index in [1.54, 1.807) is 25.3 Å². The van der Waals surface area contributed by atoms with Gasteiger partial charge in [-0.25, -0.2) is 4.98 Å². The third kappa shape index (κ3) is 4.11. The summed E-state index contributed by atoms with van der Waals surface area (Å²) in [5.74, 6) is 0.854. The summed E-state index contributed by atoms with van der Waals surface area (Å²) in [6.45, 7) is 0. The largest absolute Gasteiger partial charge is 0.491 e. The Morgan fingerprint density at radius 3 is 2.37 bits per heavy atom. The van der Waals surface area contributed by atoms with Crippen LogP contribution in [0, 0.1) is 11.3 Å². The van der Waals surface area contributed by atoms with Gasteiger partial charge in [0.15, 0.2) is 5.75 Å². The van der Waals surface area contributed by atoms with Crippen molar-refractivity contribution in [3.8, 4) is 17.7 Å². The molecule has 3 aromatic rings. The van der Waals surface area contributed by atoms with E-state index in [0.717, 1.165) is 12.8 Å². The lowest BCUT2D eigenvalue weighted by molar-refractivity contribution is 0.195. The number of halogens is 2. The van der Waals surface area contributed by atoms with Crippen LogP contribution in [0.3, 0.4) is 0 Å². The summed E-state index contributed by atoms with van der Waals surface area (Å²) >= 11 is 12.4. The van der Waals surface area contributed by atoms with Crippen molar-refractivity contribution in [2.24, 2.45) is 0 Å². The van der Waals surface area contributed by atoms with Crippen molar-refractivity contribution < 1.29 is 9.47 Å². The van der Waals surface area contributed by atoms with E-state index in [1.165, 1.54) is 23.5 Å². The van der Waals surface area contributed by atoms with E-state index in [2.05, 4.69) is 28.2 Å². The van der Waals surface area contributed by atoms with Crippen LogP contribution < -0.4 is 9.47 Å². The lowest BCUT2D eigenvalue weighted by Gasteiger charge is -2.15. The number of ether oxygens (including phenoxy) is 2. The fourth-order valence-corrected chi connectivity index (χ4v) is 3.92. The zero-order valence-corrected chi connectivity index (χ0v) is 17.6. The number of aromatic nitrogens is 2. The van der Waals surface area contributed by atoms with Gasteiger partial charge in [0, 0.05) is 30.8 Å². The Balaban J connectivity index is 1.65. The number of hydrogen-bond donors (Lipinski definition) is 0. The van der Waals surface area contributed by atoms with E-state index in [9.17, 15) is 5.26 Å². The Bertz CT molecular complexity index is 1130. The van der Waals surface area contributed by atoms with Crippen molar-refractivity contribution in [1.29, 1.82) is 5.26 Å². The Morgan fingerprint density at radius 1 is 1.10 bits per heavy atom. The summed E-state index contributed by atoms with van der Waals surface area (Å²) in [4.78, 5) is 8.49. The van der Waals surface area contributed by atoms with Gasteiger partial charge in [0.05, 0.1) is 28.4 Å². The van der Waals surface area contributed by atoms with Crippen LogP contribution in [-0.4, -0.2) is 23.2 Å². The van der Waals surface area contributed by atoms with Crippen molar-refractivity contribution in [3.05, 3.63) is 81.2 Å².